The molecule has 19 heavy (non-hydrogen) atoms. The molecule has 0 fully saturated rings. The molecule has 0 aliphatic heterocycles. The fourth-order valence-corrected chi connectivity index (χ4v) is 1.82. The van der Waals surface area contributed by atoms with Crippen molar-refractivity contribution in [3.63, 3.8) is 0 Å². The number of alkyl halides is 3. The summed E-state index contributed by atoms with van der Waals surface area (Å²) in [6.45, 7) is 3.61. The lowest BCUT2D eigenvalue weighted by molar-refractivity contribution is -0.140. The predicted octanol–water partition coefficient (Wildman–Crippen LogP) is 3.73. The van der Waals surface area contributed by atoms with Gasteiger partial charge in [-0.3, -0.25) is 0 Å². The Labute approximate surface area is 108 Å². The Morgan fingerprint density at radius 2 is 1.95 bits per heavy atom. The van der Waals surface area contributed by atoms with Gasteiger partial charge in [-0.15, -0.1) is 0 Å². The molecule has 0 amide bonds. The molecule has 0 saturated heterocycles. The molecule has 1 heterocycles. The number of benzene rings is 1. The monoisotopic (exact) mass is 269 g/mol. The molecule has 6 heteroatoms. The van der Waals surface area contributed by atoms with Crippen LogP contribution in [-0.4, -0.2) is 9.55 Å². The van der Waals surface area contributed by atoms with Crippen LogP contribution >= 0.6 is 0 Å². The van der Waals surface area contributed by atoms with Gasteiger partial charge in [0.25, 0.3) is 0 Å². The largest absolute Gasteiger partial charge is 0.434 e. The maximum absolute atomic E-state index is 12.7. The molecule has 2 N–H and O–H groups in total. The number of aromatic nitrogens is 2. The fraction of sp³-hybridized carbons (Fsp3) is 0.308. The molecule has 1 aromatic heterocycles. The zero-order chi connectivity index (χ0) is 14.2. The van der Waals surface area contributed by atoms with Crippen molar-refractivity contribution in [1.82, 2.24) is 9.55 Å². The number of rotatable bonds is 2. The second-order valence-electron chi connectivity index (χ2n) is 4.57. The number of imidazole rings is 1. The molecule has 0 aliphatic carbocycles. The summed E-state index contributed by atoms with van der Waals surface area (Å²) in [6, 6.07) is 6.55. The summed E-state index contributed by atoms with van der Waals surface area (Å²) in [5.41, 5.74) is 5.83. The van der Waals surface area contributed by atoms with E-state index in [1.54, 1.807) is 38.1 Å². The average molecular weight is 269 g/mol. The molecule has 0 unspecified atom stereocenters. The first-order valence-electron chi connectivity index (χ1n) is 5.81. The quantitative estimate of drug-likeness (QED) is 0.844. The van der Waals surface area contributed by atoms with Crippen molar-refractivity contribution < 1.29 is 13.2 Å². The Kier molecular flexibility index (Phi) is 3.26. The van der Waals surface area contributed by atoms with Crippen molar-refractivity contribution in [2.24, 2.45) is 0 Å². The van der Waals surface area contributed by atoms with E-state index < -0.39 is 11.9 Å². The summed E-state index contributed by atoms with van der Waals surface area (Å²) >= 11 is 0. The van der Waals surface area contributed by atoms with Crippen LogP contribution in [0.5, 0.6) is 0 Å². The molecule has 102 valence electrons. The molecule has 3 nitrogen and oxygen atoms in total. The minimum atomic E-state index is -4.45. The van der Waals surface area contributed by atoms with Gasteiger partial charge in [0, 0.05) is 23.5 Å². The van der Waals surface area contributed by atoms with E-state index in [1.807, 2.05) is 0 Å². The van der Waals surface area contributed by atoms with Crippen molar-refractivity contribution >= 4 is 5.69 Å². The number of anilines is 1. The van der Waals surface area contributed by atoms with Crippen molar-refractivity contribution in [3.8, 4) is 11.4 Å². The molecule has 2 aromatic rings. The van der Waals surface area contributed by atoms with Crippen LogP contribution in [0.25, 0.3) is 11.4 Å². The van der Waals surface area contributed by atoms with Crippen LogP contribution in [0.4, 0.5) is 18.9 Å². The second-order valence-corrected chi connectivity index (χ2v) is 4.57. The van der Waals surface area contributed by atoms with E-state index >= 15 is 0 Å². The number of hydrogen-bond acceptors (Lipinski definition) is 2. The van der Waals surface area contributed by atoms with Gasteiger partial charge in [0.1, 0.15) is 5.82 Å². The van der Waals surface area contributed by atoms with E-state index in [0.29, 0.717) is 11.3 Å². The number of hydrogen-bond donors (Lipinski definition) is 1. The molecular formula is C13H14F3N3. The summed E-state index contributed by atoms with van der Waals surface area (Å²) in [7, 11) is 0. The number of nitrogens with two attached hydrogens (primary N) is 1. The first-order valence-corrected chi connectivity index (χ1v) is 5.81. The number of halogens is 3. The third-order valence-electron chi connectivity index (χ3n) is 2.72. The van der Waals surface area contributed by atoms with Crippen LogP contribution in [0.3, 0.4) is 0 Å². The standard InChI is InChI=1S/C13H14F3N3/c1-8(2)19-7-11(13(14,15)16)18-12(19)9-4-3-5-10(17)6-9/h3-8H,17H2,1-2H3. The molecule has 0 radical (unpaired) electrons. The maximum Gasteiger partial charge on any atom is 0.434 e. The summed E-state index contributed by atoms with van der Waals surface area (Å²) in [5, 5.41) is 0. The highest BCUT2D eigenvalue weighted by Gasteiger charge is 2.35. The molecular weight excluding hydrogens is 255 g/mol. The molecule has 0 aliphatic rings. The van der Waals surface area contributed by atoms with Crippen LogP contribution in [0.15, 0.2) is 30.5 Å². The Bertz CT molecular complexity index is 585. The number of nitrogen functional groups attached to an aromatic ring is 1. The van der Waals surface area contributed by atoms with Gasteiger partial charge in [-0.1, -0.05) is 12.1 Å². The van der Waals surface area contributed by atoms with Crippen LogP contribution in [-0.2, 0) is 6.18 Å². The lowest BCUT2D eigenvalue weighted by atomic mass is 10.2. The smallest absolute Gasteiger partial charge is 0.399 e. The van der Waals surface area contributed by atoms with Gasteiger partial charge in [-0.05, 0) is 26.0 Å². The SMILES string of the molecule is CC(C)n1cc(C(F)(F)F)nc1-c1cccc(N)c1. The van der Waals surface area contributed by atoms with Gasteiger partial charge in [0.05, 0.1) is 0 Å². The molecule has 0 bridgehead atoms. The molecule has 0 spiro atoms. The topological polar surface area (TPSA) is 43.8 Å². The highest BCUT2D eigenvalue weighted by atomic mass is 19.4. The van der Waals surface area contributed by atoms with Crippen molar-refractivity contribution in [1.29, 1.82) is 0 Å². The Morgan fingerprint density at radius 1 is 1.26 bits per heavy atom. The zero-order valence-corrected chi connectivity index (χ0v) is 10.6. The van der Waals surface area contributed by atoms with Crippen LogP contribution in [0.2, 0.25) is 0 Å². The Morgan fingerprint density at radius 3 is 2.47 bits per heavy atom. The minimum absolute atomic E-state index is 0.125. The van der Waals surface area contributed by atoms with E-state index in [-0.39, 0.29) is 11.9 Å². The van der Waals surface area contributed by atoms with Gasteiger partial charge in [-0.2, -0.15) is 13.2 Å². The summed E-state index contributed by atoms with van der Waals surface area (Å²) in [6.07, 6.45) is -3.42. The number of nitrogens with zero attached hydrogens (tertiary/aromatic N) is 2. The van der Waals surface area contributed by atoms with Gasteiger partial charge in [0.2, 0.25) is 0 Å². The first kappa shape index (κ1) is 13.5. The van der Waals surface area contributed by atoms with Gasteiger partial charge >= 0.3 is 6.18 Å². The zero-order valence-electron chi connectivity index (χ0n) is 10.6. The van der Waals surface area contributed by atoms with Gasteiger partial charge in [-0.25, -0.2) is 4.98 Å². The van der Waals surface area contributed by atoms with E-state index in [2.05, 4.69) is 4.98 Å². The molecule has 0 atom stereocenters. The van der Waals surface area contributed by atoms with E-state index in [9.17, 15) is 13.2 Å². The summed E-state index contributed by atoms with van der Waals surface area (Å²) < 4.78 is 39.7. The normalized spacial score (nSPS) is 12.1. The molecule has 0 saturated carbocycles. The van der Waals surface area contributed by atoms with Crippen LogP contribution in [0.1, 0.15) is 25.6 Å². The highest BCUT2D eigenvalue weighted by molar-refractivity contribution is 5.62. The molecule has 1 aromatic carbocycles. The lowest BCUT2D eigenvalue weighted by Crippen LogP contribution is -2.05. The van der Waals surface area contributed by atoms with Crippen molar-refractivity contribution in [2.45, 2.75) is 26.1 Å². The van der Waals surface area contributed by atoms with Gasteiger partial charge < -0.3 is 10.3 Å². The van der Waals surface area contributed by atoms with Crippen molar-refractivity contribution in [2.75, 3.05) is 5.73 Å². The third-order valence-corrected chi connectivity index (χ3v) is 2.72. The Hall–Kier alpha value is -1.98. The summed E-state index contributed by atoms with van der Waals surface area (Å²) in [5.74, 6) is 0.273. The summed E-state index contributed by atoms with van der Waals surface area (Å²) in [4.78, 5) is 3.70. The van der Waals surface area contributed by atoms with E-state index in [1.165, 1.54) is 4.57 Å². The second kappa shape index (κ2) is 4.60. The first-order chi connectivity index (χ1) is 8.79. The van der Waals surface area contributed by atoms with E-state index in [0.717, 1.165) is 6.20 Å². The maximum atomic E-state index is 12.7. The van der Waals surface area contributed by atoms with Crippen molar-refractivity contribution in [3.05, 3.63) is 36.2 Å². The third kappa shape index (κ3) is 2.72. The predicted molar refractivity (Wildman–Crippen MR) is 67.5 cm³/mol. The van der Waals surface area contributed by atoms with Crippen LogP contribution in [0, 0.1) is 0 Å². The fourth-order valence-electron chi connectivity index (χ4n) is 1.82. The highest BCUT2D eigenvalue weighted by Crippen LogP contribution is 2.32. The average Bonchev–Trinajstić information content (AvgIpc) is 2.73. The minimum Gasteiger partial charge on any atom is -0.399 e. The Balaban J connectivity index is 2.59. The lowest BCUT2D eigenvalue weighted by Gasteiger charge is -2.11. The molecule has 2 rings (SSSR count). The van der Waals surface area contributed by atoms with E-state index in [4.69, 9.17) is 5.73 Å². The van der Waals surface area contributed by atoms with Gasteiger partial charge in [0.15, 0.2) is 5.69 Å². The van der Waals surface area contributed by atoms with Crippen LogP contribution < -0.4 is 5.73 Å².